The van der Waals surface area contributed by atoms with E-state index in [2.05, 4.69) is 5.32 Å². The van der Waals surface area contributed by atoms with Crippen molar-refractivity contribution in [2.45, 2.75) is 32.2 Å². The van der Waals surface area contributed by atoms with E-state index in [4.69, 9.17) is 16.2 Å². The summed E-state index contributed by atoms with van der Waals surface area (Å²) in [5.41, 5.74) is 9.58. The Hall–Kier alpha value is -1.14. The van der Waals surface area contributed by atoms with Crippen LogP contribution in [0.4, 0.5) is 0 Å². The number of hydrogen-bond donors (Lipinski definition) is 3. The van der Waals surface area contributed by atoms with Gasteiger partial charge in [-0.1, -0.05) is 0 Å². The lowest BCUT2D eigenvalue weighted by Crippen LogP contribution is -2.58. The van der Waals surface area contributed by atoms with Crippen LogP contribution in [-0.2, 0) is 14.3 Å². The lowest BCUT2D eigenvalue weighted by Gasteiger charge is -2.33. The van der Waals surface area contributed by atoms with Gasteiger partial charge in [-0.2, -0.15) is 0 Å². The Bertz CT molecular complexity index is 309. The molecule has 1 heterocycles. The van der Waals surface area contributed by atoms with Crippen LogP contribution in [0.1, 0.15) is 26.7 Å². The van der Waals surface area contributed by atoms with Crippen LogP contribution >= 0.6 is 0 Å². The van der Waals surface area contributed by atoms with Gasteiger partial charge in [0.25, 0.3) is 0 Å². The first-order chi connectivity index (χ1) is 7.78. The third-order valence-electron chi connectivity index (χ3n) is 3.20. The van der Waals surface area contributed by atoms with Crippen molar-refractivity contribution in [2.24, 2.45) is 16.9 Å². The molecule has 0 aromatic heterocycles. The average molecular weight is 243 g/mol. The Morgan fingerprint density at radius 1 is 1.35 bits per heavy atom. The van der Waals surface area contributed by atoms with E-state index in [1.165, 1.54) is 0 Å². The van der Waals surface area contributed by atoms with Crippen LogP contribution in [0.3, 0.4) is 0 Å². The minimum atomic E-state index is -0.883. The molecule has 5 N–H and O–H groups in total. The Morgan fingerprint density at radius 3 is 2.35 bits per heavy atom. The zero-order chi connectivity index (χ0) is 13.1. The van der Waals surface area contributed by atoms with Gasteiger partial charge in [0.15, 0.2) is 0 Å². The molecule has 6 heteroatoms. The number of carbonyl (C=O) groups excluding carboxylic acids is 2. The van der Waals surface area contributed by atoms with Gasteiger partial charge >= 0.3 is 0 Å². The van der Waals surface area contributed by atoms with Crippen molar-refractivity contribution in [2.75, 3.05) is 19.8 Å². The van der Waals surface area contributed by atoms with Crippen LogP contribution in [0, 0.1) is 5.41 Å². The van der Waals surface area contributed by atoms with Crippen LogP contribution in [0.25, 0.3) is 0 Å². The molecule has 0 bridgehead atoms. The quantitative estimate of drug-likeness (QED) is 0.596. The molecule has 0 aliphatic carbocycles. The molecule has 0 radical (unpaired) electrons. The van der Waals surface area contributed by atoms with Gasteiger partial charge in [0.05, 0.1) is 11.0 Å². The summed E-state index contributed by atoms with van der Waals surface area (Å²) in [5, 5.41) is 2.69. The van der Waals surface area contributed by atoms with Gasteiger partial charge in [0.2, 0.25) is 11.8 Å². The lowest BCUT2D eigenvalue weighted by atomic mass is 9.88. The van der Waals surface area contributed by atoms with Gasteiger partial charge in [0, 0.05) is 19.8 Å². The first-order valence-electron chi connectivity index (χ1n) is 5.73. The van der Waals surface area contributed by atoms with Crippen molar-refractivity contribution in [3.8, 4) is 0 Å². The summed E-state index contributed by atoms with van der Waals surface area (Å²) in [6.45, 7) is 4.54. The minimum absolute atomic E-state index is 0.195. The fraction of sp³-hybridized carbons (Fsp3) is 0.818. The molecule has 0 atom stereocenters. The normalized spacial score (nSPS) is 19.7. The number of hydrogen-bond acceptors (Lipinski definition) is 4. The zero-order valence-corrected chi connectivity index (χ0v) is 10.4. The van der Waals surface area contributed by atoms with E-state index < -0.39 is 16.9 Å². The minimum Gasteiger partial charge on any atom is -0.381 e. The van der Waals surface area contributed by atoms with Crippen molar-refractivity contribution < 1.29 is 14.3 Å². The van der Waals surface area contributed by atoms with E-state index >= 15 is 0 Å². The highest BCUT2D eigenvalue weighted by molar-refractivity contribution is 5.87. The highest BCUT2D eigenvalue weighted by Gasteiger charge is 2.37. The molecule has 1 aliphatic rings. The molecule has 6 nitrogen and oxygen atoms in total. The summed E-state index contributed by atoms with van der Waals surface area (Å²) in [5.74, 6) is -0.689. The average Bonchev–Trinajstić information content (AvgIpc) is 2.26. The highest BCUT2D eigenvalue weighted by Crippen LogP contribution is 2.19. The predicted molar refractivity (Wildman–Crippen MR) is 63.0 cm³/mol. The van der Waals surface area contributed by atoms with Gasteiger partial charge in [-0.05, 0) is 26.7 Å². The van der Waals surface area contributed by atoms with E-state index in [-0.39, 0.29) is 12.5 Å². The smallest absolute Gasteiger partial charge is 0.240 e. The Balaban J connectivity index is 2.52. The van der Waals surface area contributed by atoms with E-state index in [1.807, 2.05) is 0 Å². The number of nitrogens with two attached hydrogens (primary N) is 2. The number of rotatable bonds is 4. The molecule has 0 aromatic carbocycles. The number of primary amides is 1. The van der Waals surface area contributed by atoms with Crippen molar-refractivity contribution in [1.82, 2.24) is 5.32 Å². The van der Waals surface area contributed by atoms with E-state index in [0.717, 1.165) is 0 Å². The van der Waals surface area contributed by atoms with Crippen LogP contribution < -0.4 is 16.8 Å². The maximum atomic E-state index is 11.9. The van der Waals surface area contributed by atoms with Gasteiger partial charge in [-0.3, -0.25) is 9.59 Å². The van der Waals surface area contributed by atoms with Gasteiger partial charge in [-0.25, -0.2) is 0 Å². The van der Waals surface area contributed by atoms with Crippen molar-refractivity contribution in [3.05, 3.63) is 0 Å². The molecule has 2 amide bonds. The topological polar surface area (TPSA) is 107 Å². The van der Waals surface area contributed by atoms with Gasteiger partial charge in [-0.15, -0.1) is 0 Å². The third-order valence-corrected chi connectivity index (χ3v) is 3.20. The van der Waals surface area contributed by atoms with Crippen LogP contribution in [0.2, 0.25) is 0 Å². The van der Waals surface area contributed by atoms with Crippen LogP contribution in [-0.4, -0.2) is 37.1 Å². The molecule has 98 valence electrons. The van der Waals surface area contributed by atoms with E-state index in [9.17, 15) is 9.59 Å². The molecular weight excluding hydrogens is 222 g/mol. The highest BCUT2D eigenvalue weighted by atomic mass is 16.5. The number of nitrogens with one attached hydrogen (secondary N) is 1. The second-order valence-electron chi connectivity index (χ2n) is 5.20. The molecule has 1 aliphatic heterocycles. The number of ether oxygens (including phenoxy) is 1. The van der Waals surface area contributed by atoms with Crippen LogP contribution in [0.15, 0.2) is 0 Å². The van der Waals surface area contributed by atoms with Crippen LogP contribution in [0.5, 0.6) is 0 Å². The third kappa shape index (κ3) is 3.41. The second kappa shape index (κ2) is 5.01. The molecule has 0 unspecified atom stereocenters. The maximum absolute atomic E-state index is 11.9. The molecule has 1 saturated heterocycles. The monoisotopic (exact) mass is 243 g/mol. The fourth-order valence-electron chi connectivity index (χ4n) is 1.53. The molecule has 0 spiro atoms. The van der Waals surface area contributed by atoms with Crippen molar-refractivity contribution in [3.63, 3.8) is 0 Å². The summed E-state index contributed by atoms with van der Waals surface area (Å²) in [6, 6.07) is 0. The Kier molecular flexibility index (Phi) is 4.11. The van der Waals surface area contributed by atoms with Crippen molar-refractivity contribution >= 4 is 11.8 Å². The first kappa shape index (κ1) is 13.9. The zero-order valence-electron chi connectivity index (χ0n) is 10.4. The SMILES string of the molecule is CC(C)(CNC(=O)C1(N)CCOCC1)C(N)=O. The van der Waals surface area contributed by atoms with E-state index in [0.29, 0.717) is 26.1 Å². The standard InChI is InChI=1S/C11H21N3O3/c1-10(2,8(12)15)7-14-9(16)11(13)3-5-17-6-4-11/h3-7,13H2,1-2H3,(H2,12,15)(H,14,16). The Labute approximate surface area is 101 Å². The molecule has 17 heavy (non-hydrogen) atoms. The maximum Gasteiger partial charge on any atom is 0.240 e. The predicted octanol–water partition coefficient (Wildman–Crippen LogP) is -0.878. The van der Waals surface area contributed by atoms with E-state index in [1.54, 1.807) is 13.8 Å². The number of amides is 2. The van der Waals surface area contributed by atoms with Gasteiger partial charge < -0.3 is 21.5 Å². The molecule has 1 fully saturated rings. The molecule has 0 aromatic rings. The first-order valence-corrected chi connectivity index (χ1v) is 5.73. The molecule has 1 rings (SSSR count). The van der Waals surface area contributed by atoms with Gasteiger partial charge in [0.1, 0.15) is 0 Å². The second-order valence-corrected chi connectivity index (χ2v) is 5.20. The summed E-state index contributed by atoms with van der Waals surface area (Å²) in [6.07, 6.45) is 0.992. The molecular formula is C11H21N3O3. The largest absolute Gasteiger partial charge is 0.381 e. The summed E-state index contributed by atoms with van der Waals surface area (Å²) in [4.78, 5) is 23.1. The molecule has 0 saturated carbocycles. The summed E-state index contributed by atoms with van der Waals surface area (Å²) < 4.78 is 5.16. The Morgan fingerprint density at radius 2 is 1.88 bits per heavy atom. The summed E-state index contributed by atoms with van der Waals surface area (Å²) in [7, 11) is 0. The number of carbonyl (C=O) groups is 2. The summed E-state index contributed by atoms with van der Waals surface area (Å²) >= 11 is 0. The van der Waals surface area contributed by atoms with Crippen molar-refractivity contribution in [1.29, 1.82) is 0 Å². The lowest BCUT2D eigenvalue weighted by molar-refractivity contribution is -0.131. The fourth-order valence-corrected chi connectivity index (χ4v) is 1.53.